The highest BCUT2D eigenvalue weighted by Crippen LogP contribution is 2.28. The molecule has 0 fully saturated rings. The maximum Gasteiger partial charge on any atom is 0.296 e. The van der Waals surface area contributed by atoms with Crippen LogP contribution in [0.15, 0.2) is 18.2 Å². The number of sulfonamides is 1. The van der Waals surface area contributed by atoms with Gasteiger partial charge >= 0.3 is 0 Å². The van der Waals surface area contributed by atoms with E-state index >= 15 is 0 Å². The summed E-state index contributed by atoms with van der Waals surface area (Å²) in [6, 6.07) is 4.31. The van der Waals surface area contributed by atoms with Crippen LogP contribution < -0.4 is 14.8 Å². The molecule has 0 unspecified atom stereocenters. The van der Waals surface area contributed by atoms with Crippen molar-refractivity contribution >= 4 is 21.4 Å². The minimum absolute atomic E-state index is 0.0658. The predicted octanol–water partition coefficient (Wildman–Crippen LogP) is 0.564. The smallest absolute Gasteiger partial charge is 0.296 e. The summed E-state index contributed by atoms with van der Waals surface area (Å²) in [6.07, 6.45) is 0. The summed E-state index contributed by atoms with van der Waals surface area (Å²) < 4.78 is 29.5. The van der Waals surface area contributed by atoms with Gasteiger partial charge in [0, 0.05) is 6.54 Å². The van der Waals surface area contributed by atoms with E-state index in [4.69, 9.17) is 4.74 Å². The number of nitro benzene ring substituents is 1. The van der Waals surface area contributed by atoms with Crippen molar-refractivity contribution in [2.24, 2.45) is 0 Å². The second-order valence-electron chi connectivity index (χ2n) is 3.59. The lowest BCUT2D eigenvalue weighted by Crippen LogP contribution is -2.26. The third-order valence-corrected chi connectivity index (χ3v) is 3.76. The molecule has 1 aromatic rings. The van der Waals surface area contributed by atoms with Gasteiger partial charge in [0.2, 0.25) is 10.0 Å². The maximum atomic E-state index is 11.2. The zero-order chi connectivity index (χ0) is 14.5. The van der Waals surface area contributed by atoms with Crippen LogP contribution in [0.4, 0.5) is 11.4 Å². The Labute approximate surface area is 111 Å². The van der Waals surface area contributed by atoms with Gasteiger partial charge in [-0.2, -0.15) is 0 Å². The van der Waals surface area contributed by atoms with Crippen molar-refractivity contribution in [3.05, 3.63) is 28.3 Å². The van der Waals surface area contributed by atoms with Gasteiger partial charge in [-0.25, -0.2) is 13.1 Å². The van der Waals surface area contributed by atoms with Crippen LogP contribution in [0.3, 0.4) is 0 Å². The van der Waals surface area contributed by atoms with Gasteiger partial charge in [0.25, 0.3) is 5.69 Å². The quantitative estimate of drug-likeness (QED) is 0.560. The number of rotatable bonds is 7. The van der Waals surface area contributed by atoms with Gasteiger partial charge in [-0.1, -0.05) is 0 Å². The van der Waals surface area contributed by atoms with E-state index in [1.54, 1.807) is 6.07 Å². The average molecular weight is 289 g/mol. The Bertz CT molecular complexity index is 558. The van der Waals surface area contributed by atoms with Crippen LogP contribution in [0.5, 0.6) is 5.75 Å². The van der Waals surface area contributed by atoms with Crippen LogP contribution in [0, 0.1) is 10.1 Å². The van der Waals surface area contributed by atoms with Gasteiger partial charge in [0.05, 0.1) is 23.9 Å². The first-order valence-corrected chi connectivity index (χ1v) is 7.02. The van der Waals surface area contributed by atoms with Crippen molar-refractivity contribution in [1.82, 2.24) is 4.72 Å². The summed E-state index contributed by atoms with van der Waals surface area (Å²) in [7, 11) is -0.624. The largest absolute Gasteiger partial charge is 0.496 e. The molecule has 9 heteroatoms. The number of hydrogen-bond donors (Lipinski definition) is 2. The lowest BCUT2D eigenvalue weighted by molar-refractivity contribution is -0.384. The van der Waals surface area contributed by atoms with E-state index in [0.29, 0.717) is 5.75 Å². The SMILES string of the molecule is CNS(=O)(=O)CCNc1ccc(OC)cc1[N+](=O)[O-]. The van der Waals surface area contributed by atoms with E-state index in [0.717, 1.165) is 0 Å². The molecule has 1 rings (SSSR count). The molecule has 0 bridgehead atoms. The Morgan fingerprint density at radius 3 is 2.63 bits per heavy atom. The molecule has 0 saturated carbocycles. The van der Waals surface area contributed by atoms with Crippen LogP contribution in [0.25, 0.3) is 0 Å². The lowest BCUT2D eigenvalue weighted by atomic mass is 10.2. The summed E-state index contributed by atoms with van der Waals surface area (Å²) in [4.78, 5) is 10.3. The van der Waals surface area contributed by atoms with Gasteiger partial charge < -0.3 is 10.1 Å². The van der Waals surface area contributed by atoms with Crippen molar-refractivity contribution in [3.8, 4) is 5.75 Å². The van der Waals surface area contributed by atoms with Crippen molar-refractivity contribution < 1.29 is 18.1 Å². The molecular weight excluding hydrogens is 274 g/mol. The summed E-state index contributed by atoms with van der Waals surface area (Å²) in [5.74, 6) is 0.187. The van der Waals surface area contributed by atoms with E-state index in [1.807, 2.05) is 0 Å². The minimum Gasteiger partial charge on any atom is -0.496 e. The Morgan fingerprint density at radius 1 is 1.42 bits per heavy atom. The molecule has 2 N–H and O–H groups in total. The Morgan fingerprint density at radius 2 is 2.11 bits per heavy atom. The normalized spacial score (nSPS) is 11.1. The van der Waals surface area contributed by atoms with Crippen LogP contribution in [-0.4, -0.2) is 39.8 Å². The number of methoxy groups -OCH3 is 1. The third-order valence-electron chi connectivity index (χ3n) is 2.40. The number of hydrogen-bond acceptors (Lipinski definition) is 6. The Hall–Kier alpha value is -1.87. The highest BCUT2D eigenvalue weighted by Gasteiger charge is 2.15. The molecule has 0 spiro atoms. The molecule has 0 radical (unpaired) electrons. The second kappa shape index (κ2) is 6.34. The molecule has 19 heavy (non-hydrogen) atoms. The van der Waals surface area contributed by atoms with E-state index in [1.165, 1.54) is 26.3 Å². The summed E-state index contributed by atoms with van der Waals surface area (Å²) >= 11 is 0. The third kappa shape index (κ3) is 4.38. The second-order valence-corrected chi connectivity index (χ2v) is 5.64. The van der Waals surface area contributed by atoms with Crippen molar-refractivity contribution in [1.29, 1.82) is 0 Å². The average Bonchev–Trinajstić information content (AvgIpc) is 2.38. The first-order chi connectivity index (χ1) is 8.89. The number of nitrogens with zero attached hydrogens (tertiary/aromatic N) is 1. The van der Waals surface area contributed by atoms with Gasteiger partial charge in [0.1, 0.15) is 11.4 Å². The topological polar surface area (TPSA) is 111 Å². The van der Waals surface area contributed by atoms with Crippen molar-refractivity contribution in [2.75, 3.05) is 31.8 Å². The van der Waals surface area contributed by atoms with Crippen LogP contribution >= 0.6 is 0 Å². The molecule has 8 nitrogen and oxygen atoms in total. The minimum atomic E-state index is -3.34. The fraction of sp³-hybridized carbons (Fsp3) is 0.400. The highest BCUT2D eigenvalue weighted by atomic mass is 32.2. The molecule has 0 aromatic heterocycles. The molecule has 0 atom stereocenters. The molecule has 0 aliphatic heterocycles. The number of nitro groups is 1. The highest BCUT2D eigenvalue weighted by molar-refractivity contribution is 7.89. The van der Waals surface area contributed by atoms with E-state index < -0.39 is 14.9 Å². The van der Waals surface area contributed by atoms with Gasteiger partial charge in [-0.15, -0.1) is 0 Å². The Kier molecular flexibility index (Phi) is 5.07. The summed E-state index contributed by atoms with van der Waals surface area (Å²) in [5, 5.41) is 13.6. The van der Waals surface area contributed by atoms with Gasteiger partial charge in [-0.3, -0.25) is 10.1 Å². The summed E-state index contributed by atoms with van der Waals surface area (Å²) in [5.41, 5.74) is 0.0818. The first kappa shape index (κ1) is 15.2. The molecule has 0 aliphatic rings. The first-order valence-electron chi connectivity index (χ1n) is 5.37. The van der Waals surface area contributed by atoms with Gasteiger partial charge in [0.15, 0.2) is 0 Å². The number of ether oxygens (including phenoxy) is 1. The standard InChI is InChI=1S/C10H15N3O5S/c1-11-19(16,17)6-5-12-9-4-3-8(18-2)7-10(9)13(14)15/h3-4,7,11-12H,5-6H2,1-2H3. The molecule has 1 aromatic carbocycles. The van der Waals surface area contributed by atoms with Crippen molar-refractivity contribution in [3.63, 3.8) is 0 Å². The fourth-order valence-electron chi connectivity index (χ4n) is 1.36. The monoisotopic (exact) mass is 289 g/mol. The lowest BCUT2D eigenvalue weighted by Gasteiger charge is -2.08. The predicted molar refractivity (Wildman–Crippen MR) is 71.0 cm³/mol. The Balaban J connectivity index is 2.81. The molecule has 106 valence electrons. The van der Waals surface area contributed by atoms with Gasteiger partial charge in [-0.05, 0) is 19.2 Å². The van der Waals surface area contributed by atoms with Crippen LogP contribution in [0.1, 0.15) is 0 Å². The zero-order valence-corrected chi connectivity index (χ0v) is 11.4. The van der Waals surface area contributed by atoms with E-state index in [9.17, 15) is 18.5 Å². The van der Waals surface area contributed by atoms with Crippen LogP contribution in [0.2, 0.25) is 0 Å². The van der Waals surface area contributed by atoms with Crippen LogP contribution in [-0.2, 0) is 10.0 Å². The van der Waals surface area contributed by atoms with E-state index in [2.05, 4.69) is 10.0 Å². The maximum absolute atomic E-state index is 11.2. The molecule has 0 heterocycles. The molecular formula is C10H15N3O5S. The number of benzene rings is 1. The molecule has 0 saturated heterocycles. The molecule has 0 amide bonds. The fourth-order valence-corrected chi connectivity index (χ4v) is 1.94. The number of nitrogens with one attached hydrogen (secondary N) is 2. The van der Waals surface area contributed by atoms with E-state index in [-0.39, 0.29) is 23.7 Å². The summed E-state index contributed by atoms with van der Waals surface area (Å²) in [6.45, 7) is 0.0658. The zero-order valence-electron chi connectivity index (χ0n) is 10.5. The molecule has 0 aliphatic carbocycles. The number of anilines is 1. The van der Waals surface area contributed by atoms with Crippen molar-refractivity contribution in [2.45, 2.75) is 0 Å².